The zero-order valence-corrected chi connectivity index (χ0v) is 19.6. The van der Waals surface area contributed by atoms with Crippen LogP contribution in [0.25, 0.3) is 0 Å². The third-order valence-electron chi connectivity index (χ3n) is 4.95. The molecule has 0 unspecified atom stereocenters. The fourth-order valence-electron chi connectivity index (χ4n) is 3.55. The second-order valence-corrected chi connectivity index (χ2v) is 9.75. The van der Waals surface area contributed by atoms with Crippen molar-refractivity contribution in [2.45, 2.75) is 63.4 Å². The van der Waals surface area contributed by atoms with Crippen molar-refractivity contribution in [3.63, 3.8) is 0 Å². The Labute approximate surface area is 185 Å². The molecule has 0 saturated heterocycles. The lowest BCUT2D eigenvalue weighted by Crippen LogP contribution is -2.31. The lowest BCUT2D eigenvalue weighted by atomic mass is 9.97. The average molecular weight is 451 g/mol. The highest BCUT2D eigenvalue weighted by Crippen LogP contribution is 2.28. The number of fused-ring (bicyclic) bond motifs is 1. The van der Waals surface area contributed by atoms with Crippen molar-refractivity contribution in [3.8, 4) is 0 Å². The van der Waals surface area contributed by atoms with Gasteiger partial charge in [-0.15, -0.1) is 10.2 Å². The first kappa shape index (κ1) is 22.9. The van der Waals surface area contributed by atoms with Crippen LogP contribution in [0.15, 0.2) is 9.82 Å². The van der Waals surface area contributed by atoms with E-state index in [4.69, 9.17) is 0 Å². The van der Waals surface area contributed by atoms with Gasteiger partial charge in [0.15, 0.2) is 0 Å². The number of aryl methyl sites for hydroxylation is 1. The van der Waals surface area contributed by atoms with E-state index in [1.54, 1.807) is 0 Å². The van der Waals surface area contributed by atoms with E-state index in [1.807, 2.05) is 18.7 Å². The number of thioether (sulfide) groups is 1. The molecule has 1 aliphatic carbocycles. The van der Waals surface area contributed by atoms with Gasteiger partial charge < -0.3 is 4.90 Å². The summed E-state index contributed by atoms with van der Waals surface area (Å²) in [5.41, 5.74) is 2.05. The number of rotatable bonds is 10. The second kappa shape index (κ2) is 11.0. The third kappa shape index (κ3) is 6.12. The van der Waals surface area contributed by atoms with E-state index >= 15 is 0 Å². The first-order valence-corrected chi connectivity index (χ1v) is 12.3. The Morgan fingerprint density at radius 2 is 2.07 bits per heavy atom. The monoisotopic (exact) mass is 450 g/mol. The van der Waals surface area contributed by atoms with Crippen molar-refractivity contribution >= 4 is 34.1 Å². The normalized spacial score (nSPS) is 13.5. The van der Waals surface area contributed by atoms with Crippen LogP contribution in [0, 0.1) is 0 Å². The van der Waals surface area contributed by atoms with Gasteiger partial charge in [0.25, 0.3) is 0 Å². The first-order valence-electron chi connectivity index (χ1n) is 10.5. The molecule has 30 heavy (non-hydrogen) atoms. The molecule has 3 rings (SSSR count). The van der Waals surface area contributed by atoms with E-state index in [9.17, 15) is 9.59 Å². The molecule has 1 aliphatic rings. The van der Waals surface area contributed by atoms with Gasteiger partial charge in [-0.1, -0.05) is 30.0 Å². The molecule has 0 saturated carbocycles. The van der Waals surface area contributed by atoms with Gasteiger partial charge in [-0.3, -0.25) is 14.7 Å². The lowest BCUT2D eigenvalue weighted by molar-refractivity contribution is -0.113. The summed E-state index contributed by atoms with van der Waals surface area (Å²) in [5, 5.41) is 13.1. The SMILES string of the molecule is CCCc1nnc(NC(=O)CSc2nc(=O)n(CCCN(C)C)c3c2CCCC3)s1. The molecular formula is C20H30N6O2S2. The molecular weight excluding hydrogens is 420 g/mol. The van der Waals surface area contributed by atoms with Gasteiger partial charge in [0.2, 0.25) is 11.0 Å². The number of aromatic nitrogens is 4. The fourth-order valence-corrected chi connectivity index (χ4v) is 5.29. The summed E-state index contributed by atoms with van der Waals surface area (Å²) in [7, 11) is 4.07. The summed E-state index contributed by atoms with van der Waals surface area (Å²) in [6.07, 6.45) is 6.77. The van der Waals surface area contributed by atoms with Crippen molar-refractivity contribution in [1.29, 1.82) is 0 Å². The number of carbonyl (C=O) groups excluding carboxylic acids is 1. The van der Waals surface area contributed by atoms with Gasteiger partial charge in [-0.25, -0.2) is 4.79 Å². The smallest absolute Gasteiger partial charge is 0.309 e. The lowest BCUT2D eigenvalue weighted by Gasteiger charge is -2.23. The molecule has 0 radical (unpaired) electrons. The van der Waals surface area contributed by atoms with Crippen LogP contribution in [0.3, 0.4) is 0 Å². The van der Waals surface area contributed by atoms with Gasteiger partial charge in [-0.05, 0) is 59.2 Å². The summed E-state index contributed by atoms with van der Waals surface area (Å²) in [5.74, 6) is 0.0485. The number of amides is 1. The van der Waals surface area contributed by atoms with E-state index in [-0.39, 0.29) is 17.3 Å². The van der Waals surface area contributed by atoms with Gasteiger partial charge in [0.05, 0.1) is 5.75 Å². The summed E-state index contributed by atoms with van der Waals surface area (Å²) >= 11 is 2.75. The first-order chi connectivity index (χ1) is 14.5. The minimum atomic E-state index is -0.203. The predicted octanol–water partition coefficient (Wildman–Crippen LogP) is 2.61. The minimum absolute atomic E-state index is 0.152. The number of nitrogens with zero attached hydrogens (tertiary/aromatic N) is 5. The maximum Gasteiger partial charge on any atom is 0.348 e. The molecule has 0 spiro atoms. The van der Waals surface area contributed by atoms with Crippen molar-refractivity contribution in [2.24, 2.45) is 0 Å². The summed E-state index contributed by atoms with van der Waals surface area (Å²) in [6.45, 7) is 3.71. The second-order valence-electron chi connectivity index (χ2n) is 7.73. The molecule has 10 heteroatoms. The maximum atomic E-state index is 12.7. The Hall–Kier alpha value is -1.78. The quantitative estimate of drug-likeness (QED) is 0.439. The van der Waals surface area contributed by atoms with Crippen molar-refractivity contribution in [3.05, 3.63) is 26.7 Å². The molecule has 0 fully saturated rings. The van der Waals surface area contributed by atoms with Crippen LogP contribution in [0.1, 0.15) is 48.9 Å². The maximum absolute atomic E-state index is 12.7. The van der Waals surface area contributed by atoms with Crippen LogP contribution < -0.4 is 11.0 Å². The van der Waals surface area contributed by atoms with Gasteiger partial charge in [0.1, 0.15) is 10.0 Å². The van der Waals surface area contributed by atoms with E-state index in [2.05, 4.69) is 32.3 Å². The summed E-state index contributed by atoms with van der Waals surface area (Å²) in [6, 6.07) is 0. The molecule has 8 nitrogen and oxygen atoms in total. The van der Waals surface area contributed by atoms with Gasteiger partial charge in [0, 0.05) is 24.2 Å². The highest BCUT2D eigenvalue weighted by Gasteiger charge is 2.21. The zero-order chi connectivity index (χ0) is 21.5. The zero-order valence-electron chi connectivity index (χ0n) is 17.9. The number of hydrogen-bond donors (Lipinski definition) is 1. The van der Waals surface area contributed by atoms with Gasteiger partial charge >= 0.3 is 5.69 Å². The molecule has 0 aromatic carbocycles. The number of nitrogens with one attached hydrogen (secondary N) is 1. The van der Waals surface area contributed by atoms with Crippen LogP contribution in [0.5, 0.6) is 0 Å². The standard InChI is InChI=1S/C20H30N6O2S2/c1-4-8-17-23-24-19(30-17)21-16(27)13-29-18-14-9-5-6-10-15(14)26(20(28)22-18)12-7-11-25(2)3/h4-13H2,1-3H3,(H,21,24,27). The molecule has 1 N–H and O–H groups in total. The predicted molar refractivity (Wildman–Crippen MR) is 122 cm³/mol. The number of hydrogen-bond acceptors (Lipinski definition) is 8. The molecule has 2 aromatic heterocycles. The molecule has 2 heterocycles. The van der Waals surface area contributed by atoms with Crippen LogP contribution in [-0.4, -0.2) is 56.9 Å². The van der Waals surface area contributed by atoms with Crippen molar-refractivity contribution in [2.75, 3.05) is 31.7 Å². The van der Waals surface area contributed by atoms with Crippen LogP contribution >= 0.6 is 23.1 Å². The summed E-state index contributed by atoms with van der Waals surface area (Å²) in [4.78, 5) is 31.5. The Morgan fingerprint density at radius 3 is 2.83 bits per heavy atom. The molecule has 0 atom stereocenters. The van der Waals surface area contributed by atoms with Crippen LogP contribution in [0.2, 0.25) is 0 Å². The van der Waals surface area contributed by atoms with Crippen molar-refractivity contribution < 1.29 is 4.79 Å². The van der Waals surface area contributed by atoms with E-state index in [0.717, 1.165) is 67.8 Å². The van der Waals surface area contributed by atoms with E-state index in [1.165, 1.54) is 23.1 Å². The Balaban J connectivity index is 1.67. The largest absolute Gasteiger partial charge is 0.348 e. The number of anilines is 1. The Morgan fingerprint density at radius 1 is 1.27 bits per heavy atom. The molecule has 0 aliphatic heterocycles. The topological polar surface area (TPSA) is 93.0 Å². The van der Waals surface area contributed by atoms with Crippen LogP contribution in [-0.2, 0) is 30.6 Å². The molecule has 0 bridgehead atoms. The number of carbonyl (C=O) groups is 1. The fraction of sp³-hybridized carbons (Fsp3) is 0.650. The molecule has 1 amide bonds. The minimum Gasteiger partial charge on any atom is -0.309 e. The Bertz CT molecular complexity index is 925. The summed E-state index contributed by atoms with van der Waals surface area (Å²) < 4.78 is 1.85. The van der Waals surface area contributed by atoms with E-state index in [0.29, 0.717) is 16.7 Å². The molecule has 2 aromatic rings. The van der Waals surface area contributed by atoms with Gasteiger partial charge in [-0.2, -0.15) is 4.98 Å². The van der Waals surface area contributed by atoms with Crippen LogP contribution in [0.4, 0.5) is 5.13 Å². The average Bonchev–Trinajstić information content (AvgIpc) is 3.15. The highest BCUT2D eigenvalue weighted by atomic mass is 32.2. The third-order valence-corrected chi connectivity index (χ3v) is 6.87. The Kier molecular flexibility index (Phi) is 8.41. The highest BCUT2D eigenvalue weighted by molar-refractivity contribution is 8.00. The van der Waals surface area contributed by atoms with Crippen molar-refractivity contribution in [1.82, 2.24) is 24.6 Å². The molecule has 164 valence electrons. The van der Waals surface area contributed by atoms with E-state index < -0.39 is 0 Å².